The van der Waals surface area contributed by atoms with E-state index in [-0.39, 0.29) is 0 Å². The van der Waals surface area contributed by atoms with E-state index in [1.54, 1.807) is 13.2 Å². The minimum absolute atomic E-state index is 0.317. The van der Waals surface area contributed by atoms with Crippen molar-refractivity contribution < 1.29 is 9.47 Å². The molecule has 0 aliphatic rings. The van der Waals surface area contributed by atoms with Crippen molar-refractivity contribution >= 4 is 23.2 Å². The van der Waals surface area contributed by atoms with Gasteiger partial charge < -0.3 is 15.2 Å². The Morgan fingerprint density at radius 3 is 2.48 bits per heavy atom. The van der Waals surface area contributed by atoms with Gasteiger partial charge in [0.1, 0.15) is 6.61 Å². The number of halogens is 2. The van der Waals surface area contributed by atoms with Crippen LogP contribution in [0.2, 0.25) is 10.0 Å². The molecule has 0 amide bonds. The summed E-state index contributed by atoms with van der Waals surface area (Å²) in [5.74, 6) is 1.05. The van der Waals surface area contributed by atoms with Crippen molar-refractivity contribution in [3.63, 3.8) is 0 Å². The molecule has 3 nitrogen and oxygen atoms in total. The normalized spacial score (nSPS) is 10.5. The van der Waals surface area contributed by atoms with E-state index in [0.717, 1.165) is 16.7 Å². The maximum atomic E-state index is 6.23. The quantitative estimate of drug-likeness (QED) is 0.888. The van der Waals surface area contributed by atoms with Gasteiger partial charge in [0.25, 0.3) is 0 Å². The Balaban J connectivity index is 2.23. The maximum Gasteiger partial charge on any atom is 0.180 e. The van der Waals surface area contributed by atoms with Crippen molar-refractivity contribution in [2.24, 2.45) is 5.73 Å². The van der Waals surface area contributed by atoms with Gasteiger partial charge in [-0.05, 0) is 36.2 Å². The molecule has 0 spiro atoms. The van der Waals surface area contributed by atoms with Crippen molar-refractivity contribution in [3.8, 4) is 11.5 Å². The van der Waals surface area contributed by atoms with E-state index in [1.807, 2.05) is 31.2 Å². The van der Waals surface area contributed by atoms with Gasteiger partial charge >= 0.3 is 0 Å². The minimum Gasteiger partial charge on any atom is -0.493 e. The lowest BCUT2D eigenvalue weighted by Crippen LogP contribution is -2.02. The van der Waals surface area contributed by atoms with E-state index in [2.05, 4.69) is 0 Å². The molecule has 2 rings (SSSR count). The average molecular weight is 326 g/mol. The van der Waals surface area contributed by atoms with Crippen molar-refractivity contribution in [3.05, 3.63) is 57.1 Å². The fraction of sp³-hybridized carbons (Fsp3) is 0.250. The molecule has 2 N–H and O–H groups in total. The summed E-state index contributed by atoms with van der Waals surface area (Å²) in [7, 11) is 1.57. The summed E-state index contributed by atoms with van der Waals surface area (Å²) in [4.78, 5) is 0. The zero-order valence-electron chi connectivity index (χ0n) is 12.0. The number of aryl methyl sites for hydroxylation is 1. The number of rotatable bonds is 5. The summed E-state index contributed by atoms with van der Waals surface area (Å²) in [6.45, 7) is 2.69. The Morgan fingerprint density at radius 2 is 1.86 bits per heavy atom. The first kappa shape index (κ1) is 16.0. The Morgan fingerprint density at radius 1 is 1.10 bits per heavy atom. The number of nitrogens with two attached hydrogens (primary N) is 1. The molecule has 0 aliphatic heterocycles. The Labute approximate surface area is 134 Å². The molecule has 0 heterocycles. The van der Waals surface area contributed by atoms with Gasteiger partial charge in [0.2, 0.25) is 0 Å². The van der Waals surface area contributed by atoms with Gasteiger partial charge in [0, 0.05) is 17.1 Å². The van der Waals surface area contributed by atoms with Crippen molar-refractivity contribution in [1.82, 2.24) is 0 Å². The van der Waals surface area contributed by atoms with E-state index in [9.17, 15) is 0 Å². The van der Waals surface area contributed by atoms with Crippen LogP contribution in [0.25, 0.3) is 0 Å². The third-order valence-electron chi connectivity index (χ3n) is 3.11. The number of hydrogen-bond acceptors (Lipinski definition) is 3. The summed E-state index contributed by atoms with van der Waals surface area (Å²) in [5, 5.41) is 1.14. The standard InChI is InChI=1S/C16H17Cl2NO2/c1-10-3-4-12(13(17)5-10)9-21-16-14(18)6-11(8-19)7-15(16)20-2/h3-7H,8-9,19H2,1-2H3. The highest BCUT2D eigenvalue weighted by atomic mass is 35.5. The fourth-order valence-electron chi connectivity index (χ4n) is 1.95. The van der Waals surface area contributed by atoms with Gasteiger partial charge in [0.05, 0.1) is 12.1 Å². The molecule has 0 unspecified atom stereocenters. The Kier molecular flexibility index (Phi) is 5.34. The SMILES string of the molecule is COc1cc(CN)cc(Cl)c1OCc1ccc(C)cc1Cl. The van der Waals surface area contributed by atoms with Gasteiger partial charge in [0.15, 0.2) is 11.5 Å². The van der Waals surface area contributed by atoms with E-state index in [0.29, 0.717) is 34.7 Å². The first-order chi connectivity index (χ1) is 10.0. The first-order valence-electron chi connectivity index (χ1n) is 6.49. The Bertz CT molecular complexity index is 644. The highest BCUT2D eigenvalue weighted by molar-refractivity contribution is 6.32. The topological polar surface area (TPSA) is 44.5 Å². The molecule has 0 fully saturated rings. The lowest BCUT2D eigenvalue weighted by atomic mass is 10.1. The summed E-state index contributed by atoms with van der Waals surface area (Å²) in [6, 6.07) is 9.41. The minimum atomic E-state index is 0.317. The summed E-state index contributed by atoms with van der Waals surface area (Å²) >= 11 is 12.4. The maximum absolute atomic E-state index is 6.23. The number of methoxy groups -OCH3 is 1. The van der Waals surface area contributed by atoms with Crippen molar-refractivity contribution in [1.29, 1.82) is 0 Å². The zero-order valence-corrected chi connectivity index (χ0v) is 13.5. The molecule has 112 valence electrons. The lowest BCUT2D eigenvalue weighted by Gasteiger charge is -2.14. The van der Waals surface area contributed by atoms with Crippen LogP contribution >= 0.6 is 23.2 Å². The summed E-state index contributed by atoms with van der Waals surface area (Å²) in [5.41, 5.74) is 8.50. The smallest absolute Gasteiger partial charge is 0.180 e. The van der Waals surface area contributed by atoms with Crippen LogP contribution in [-0.4, -0.2) is 7.11 Å². The average Bonchev–Trinajstić information content (AvgIpc) is 2.46. The van der Waals surface area contributed by atoms with Crippen molar-refractivity contribution in [2.45, 2.75) is 20.1 Å². The molecule has 0 saturated heterocycles. The largest absolute Gasteiger partial charge is 0.493 e. The molecular weight excluding hydrogens is 309 g/mol. The number of hydrogen-bond donors (Lipinski definition) is 1. The number of ether oxygens (including phenoxy) is 2. The predicted molar refractivity (Wildman–Crippen MR) is 86.4 cm³/mol. The second kappa shape index (κ2) is 7.03. The molecule has 0 bridgehead atoms. The molecule has 0 aliphatic carbocycles. The molecule has 0 aromatic heterocycles. The third-order valence-corrected chi connectivity index (χ3v) is 3.74. The molecule has 5 heteroatoms. The predicted octanol–water partition coefficient (Wildman–Crippen LogP) is 4.35. The molecular formula is C16H17Cl2NO2. The van der Waals surface area contributed by atoms with Crippen LogP contribution < -0.4 is 15.2 Å². The van der Waals surface area contributed by atoms with Crippen LogP contribution in [0.4, 0.5) is 0 Å². The molecule has 2 aromatic rings. The van der Waals surface area contributed by atoms with Crippen LogP contribution in [0.1, 0.15) is 16.7 Å². The molecule has 0 atom stereocenters. The van der Waals surface area contributed by atoms with Crippen molar-refractivity contribution in [2.75, 3.05) is 7.11 Å². The van der Waals surface area contributed by atoms with Crippen LogP contribution in [0.5, 0.6) is 11.5 Å². The van der Waals surface area contributed by atoms with Gasteiger partial charge in [-0.1, -0.05) is 35.3 Å². The van der Waals surface area contributed by atoms with Gasteiger partial charge in [-0.25, -0.2) is 0 Å². The molecule has 21 heavy (non-hydrogen) atoms. The second-order valence-electron chi connectivity index (χ2n) is 4.70. The zero-order chi connectivity index (χ0) is 15.4. The molecule has 0 saturated carbocycles. The summed E-state index contributed by atoms with van der Waals surface area (Å²) < 4.78 is 11.1. The third kappa shape index (κ3) is 3.82. The first-order valence-corrected chi connectivity index (χ1v) is 7.25. The highest BCUT2D eigenvalue weighted by Gasteiger charge is 2.12. The fourth-order valence-corrected chi connectivity index (χ4v) is 2.53. The van der Waals surface area contributed by atoms with E-state index in [1.165, 1.54) is 0 Å². The van der Waals surface area contributed by atoms with E-state index in [4.69, 9.17) is 38.4 Å². The monoisotopic (exact) mass is 325 g/mol. The summed E-state index contributed by atoms with van der Waals surface area (Å²) in [6.07, 6.45) is 0. The van der Waals surface area contributed by atoms with E-state index < -0.39 is 0 Å². The van der Waals surface area contributed by atoms with Gasteiger partial charge in [-0.2, -0.15) is 0 Å². The molecule has 2 aromatic carbocycles. The van der Waals surface area contributed by atoms with Crippen LogP contribution in [0.15, 0.2) is 30.3 Å². The van der Waals surface area contributed by atoms with Crippen LogP contribution in [-0.2, 0) is 13.2 Å². The second-order valence-corrected chi connectivity index (χ2v) is 5.51. The van der Waals surface area contributed by atoms with Crippen LogP contribution in [0.3, 0.4) is 0 Å². The van der Waals surface area contributed by atoms with Gasteiger partial charge in [-0.15, -0.1) is 0 Å². The Hall–Kier alpha value is -1.42. The number of benzene rings is 2. The lowest BCUT2D eigenvalue weighted by molar-refractivity contribution is 0.284. The van der Waals surface area contributed by atoms with Crippen LogP contribution in [0, 0.1) is 6.92 Å². The van der Waals surface area contributed by atoms with E-state index >= 15 is 0 Å². The highest BCUT2D eigenvalue weighted by Crippen LogP contribution is 2.37. The molecule has 0 radical (unpaired) electrons. The van der Waals surface area contributed by atoms with Gasteiger partial charge in [-0.3, -0.25) is 0 Å².